The molecule has 0 atom stereocenters. The van der Waals surface area contributed by atoms with Crippen molar-refractivity contribution in [3.05, 3.63) is 35.4 Å². The average molecular weight is 404 g/mol. The van der Waals surface area contributed by atoms with E-state index in [-0.39, 0.29) is 5.91 Å². The summed E-state index contributed by atoms with van der Waals surface area (Å²) >= 11 is 0. The van der Waals surface area contributed by atoms with E-state index in [1.165, 1.54) is 5.56 Å². The normalized spacial score (nSPS) is 15.2. The van der Waals surface area contributed by atoms with Crippen LogP contribution in [0.5, 0.6) is 0 Å². The van der Waals surface area contributed by atoms with E-state index in [4.69, 9.17) is 9.73 Å². The molecule has 1 amide bonds. The molecule has 29 heavy (non-hydrogen) atoms. The highest BCUT2D eigenvalue weighted by Gasteiger charge is 2.15. The highest BCUT2D eigenvalue weighted by molar-refractivity contribution is 5.86. The van der Waals surface area contributed by atoms with Crippen molar-refractivity contribution in [2.45, 2.75) is 33.9 Å². The van der Waals surface area contributed by atoms with Crippen molar-refractivity contribution in [3.63, 3.8) is 0 Å². The van der Waals surface area contributed by atoms with E-state index in [1.54, 1.807) is 0 Å². The first kappa shape index (κ1) is 23.2. The van der Waals surface area contributed by atoms with Crippen LogP contribution in [-0.2, 0) is 22.6 Å². The van der Waals surface area contributed by atoms with E-state index in [9.17, 15) is 4.79 Å². The molecule has 7 nitrogen and oxygen atoms in total. The van der Waals surface area contributed by atoms with Gasteiger partial charge in [0.05, 0.1) is 26.3 Å². The maximum absolute atomic E-state index is 12.4. The van der Waals surface area contributed by atoms with Crippen LogP contribution < -0.4 is 5.32 Å². The van der Waals surface area contributed by atoms with Crippen LogP contribution in [0.2, 0.25) is 0 Å². The smallest absolute Gasteiger partial charge is 0.242 e. The van der Waals surface area contributed by atoms with Crippen LogP contribution in [0.15, 0.2) is 29.3 Å². The number of nitrogens with zero attached hydrogens (tertiary/aromatic N) is 4. The highest BCUT2D eigenvalue weighted by Crippen LogP contribution is 2.10. The summed E-state index contributed by atoms with van der Waals surface area (Å²) in [6.45, 7) is 13.8. The van der Waals surface area contributed by atoms with Crippen molar-refractivity contribution in [2.24, 2.45) is 4.99 Å². The van der Waals surface area contributed by atoms with Crippen molar-refractivity contribution >= 4 is 11.9 Å². The summed E-state index contributed by atoms with van der Waals surface area (Å²) in [6, 6.07) is 8.65. The predicted molar refractivity (Wildman–Crippen MR) is 118 cm³/mol. The lowest BCUT2D eigenvalue weighted by molar-refractivity contribution is -0.131. The van der Waals surface area contributed by atoms with Crippen molar-refractivity contribution in [1.29, 1.82) is 0 Å². The van der Waals surface area contributed by atoms with Gasteiger partial charge in [-0.05, 0) is 31.9 Å². The number of nitrogens with one attached hydrogen (secondary N) is 1. The molecule has 0 aliphatic carbocycles. The molecular formula is C22H37N5O2. The minimum absolute atomic E-state index is 0.121. The number of guanidine groups is 1. The fourth-order valence-electron chi connectivity index (χ4n) is 3.36. The van der Waals surface area contributed by atoms with Crippen LogP contribution in [0, 0.1) is 0 Å². The SMILES string of the molecule is CCNC(=NCc1ccc(CN2CCOCC2)cc1)N(C)CC(=O)N(CC)CC. The summed E-state index contributed by atoms with van der Waals surface area (Å²) in [5.74, 6) is 0.876. The predicted octanol–water partition coefficient (Wildman–Crippen LogP) is 1.78. The Labute approximate surface area is 175 Å². The third-order valence-corrected chi connectivity index (χ3v) is 5.13. The molecule has 1 saturated heterocycles. The van der Waals surface area contributed by atoms with E-state index >= 15 is 0 Å². The average Bonchev–Trinajstić information content (AvgIpc) is 2.73. The largest absolute Gasteiger partial charge is 0.379 e. The molecule has 0 bridgehead atoms. The van der Waals surface area contributed by atoms with Gasteiger partial charge in [-0.1, -0.05) is 24.3 Å². The molecular weight excluding hydrogens is 366 g/mol. The van der Waals surface area contributed by atoms with Gasteiger partial charge in [0.2, 0.25) is 5.91 Å². The van der Waals surface area contributed by atoms with Gasteiger partial charge >= 0.3 is 0 Å². The number of carbonyl (C=O) groups excluding carboxylic acids is 1. The van der Waals surface area contributed by atoms with Crippen LogP contribution in [0.1, 0.15) is 31.9 Å². The molecule has 0 radical (unpaired) electrons. The van der Waals surface area contributed by atoms with Crippen LogP contribution in [0.3, 0.4) is 0 Å². The minimum Gasteiger partial charge on any atom is -0.379 e. The summed E-state index contributed by atoms with van der Waals surface area (Å²) in [4.78, 5) is 23.3. The summed E-state index contributed by atoms with van der Waals surface area (Å²) in [5.41, 5.74) is 2.48. The summed E-state index contributed by atoms with van der Waals surface area (Å²) < 4.78 is 5.41. The van der Waals surface area contributed by atoms with Gasteiger partial charge in [0.15, 0.2) is 5.96 Å². The molecule has 0 aromatic heterocycles. The number of hydrogen-bond donors (Lipinski definition) is 1. The van der Waals surface area contributed by atoms with Gasteiger partial charge in [-0.2, -0.15) is 0 Å². The number of ether oxygens (including phenoxy) is 1. The van der Waals surface area contributed by atoms with Gasteiger partial charge in [-0.25, -0.2) is 4.99 Å². The zero-order valence-electron chi connectivity index (χ0n) is 18.5. The fourth-order valence-corrected chi connectivity index (χ4v) is 3.36. The van der Waals surface area contributed by atoms with Crippen LogP contribution in [-0.4, -0.2) is 86.1 Å². The maximum Gasteiger partial charge on any atom is 0.242 e. The summed E-state index contributed by atoms with van der Waals surface area (Å²) in [5, 5.41) is 3.29. The van der Waals surface area contributed by atoms with Crippen molar-refractivity contribution < 1.29 is 9.53 Å². The van der Waals surface area contributed by atoms with Gasteiger partial charge in [0, 0.05) is 46.3 Å². The van der Waals surface area contributed by atoms with E-state index in [1.807, 2.05) is 37.6 Å². The number of rotatable bonds is 9. The Hall–Kier alpha value is -2.12. The Bertz CT molecular complexity index is 637. The van der Waals surface area contributed by atoms with E-state index in [0.717, 1.165) is 64.0 Å². The monoisotopic (exact) mass is 403 g/mol. The standard InChI is InChI=1S/C22H37N5O2/c1-5-23-22(25(4)18-21(28)27(6-2)7-3)24-16-19-8-10-20(11-9-19)17-26-12-14-29-15-13-26/h8-11H,5-7,12-18H2,1-4H3,(H,23,24). The second-order valence-corrected chi connectivity index (χ2v) is 7.30. The van der Waals surface area contributed by atoms with Crippen LogP contribution in [0.4, 0.5) is 0 Å². The second-order valence-electron chi connectivity index (χ2n) is 7.30. The van der Waals surface area contributed by atoms with Crippen molar-refractivity contribution in [2.75, 3.05) is 59.5 Å². The Morgan fingerprint density at radius 2 is 1.72 bits per heavy atom. The van der Waals surface area contributed by atoms with Gasteiger partial charge in [-0.15, -0.1) is 0 Å². The van der Waals surface area contributed by atoms with Crippen LogP contribution in [0.25, 0.3) is 0 Å². The van der Waals surface area contributed by atoms with Gasteiger partial charge in [-0.3, -0.25) is 9.69 Å². The molecule has 7 heteroatoms. The molecule has 1 fully saturated rings. The highest BCUT2D eigenvalue weighted by atomic mass is 16.5. The van der Waals surface area contributed by atoms with Gasteiger partial charge < -0.3 is 19.9 Å². The molecule has 1 aliphatic heterocycles. The molecule has 2 rings (SSSR count). The first-order valence-electron chi connectivity index (χ1n) is 10.7. The molecule has 1 aliphatic rings. The number of morpholine rings is 1. The second kappa shape index (κ2) is 12.4. The van der Waals surface area contributed by atoms with E-state index < -0.39 is 0 Å². The Balaban J connectivity index is 1.93. The quantitative estimate of drug-likeness (QED) is 0.503. The first-order chi connectivity index (χ1) is 14.1. The van der Waals surface area contributed by atoms with Gasteiger partial charge in [0.25, 0.3) is 0 Å². The molecule has 0 unspecified atom stereocenters. The Kier molecular flexibility index (Phi) is 9.94. The third kappa shape index (κ3) is 7.66. The first-order valence-corrected chi connectivity index (χ1v) is 10.7. The van der Waals surface area contributed by atoms with Crippen molar-refractivity contribution in [1.82, 2.24) is 20.0 Å². The zero-order valence-corrected chi connectivity index (χ0v) is 18.5. The molecule has 0 spiro atoms. The molecule has 162 valence electrons. The number of benzene rings is 1. The summed E-state index contributed by atoms with van der Waals surface area (Å²) in [6.07, 6.45) is 0. The fraction of sp³-hybridized carbons (Fsp3) is 0.636. The molecule has 0 saturated carbocycles. The Morgan fingerprint density at radius 3 is 2.31 bits per heavy atom. The Morgan fingerprint density at radius 1 is 1.10 bits per heavy atom. The summed E-state index contributed by atoms with van der Waals surface area (Å²) in [7, 11) is 1.91. The van der Waals surface area contributed by atoms with Crippen molar-refractivity contribution in [3.8, 4) is 0 Å². The number of likely N-dealkylation sites (N-methyl/N-ethyl adjacent to an activating group) is 2. The molecule has 1 aromatic rings. The van der Waals surface area contributed by atoms with Gasteiger partial charge in [0.1, 0.15) is 0 Å². The molecule has 1 aromatic carbocycles. The number of hydrogen-bond acceptors (Lipinski definition) is 4. The maximum atomic E-state index is 12.4. The lowest BCUT2D eigenvalue weighted by Crippen LogP contribution is -2.45. The van der Waals surface area contributed by atoms with Crippen LogP contribution >= 0.6 is 0 Å². The lowest BCUT2D eigenvalue weighted by atomic mass is 10.1. The molecule has 1 N–H and O–H groups in total. The van der Waals surface area contributed by atoms with E-state index in [2.05, 4.69) is 34.5 Å². The number of amides is 1. The van der Waals surface area contributed by atoms with E-state index in [0.29, 0.717) is 13.1 Å². The minimum atomic E-state index is 0.121. The zero-order chi connectivity index (χ0) is 21.1. The number of carbonyl (C=O) groups is 1. The molecule has 1 heterocycles. The third-order valence-electron chi connectivity index (χ3n) is 5.13. The topological polar surface area (TPSA) is 60.4 Å². The number of aliphatic imine (C=N–C) groups is 1. The lowest BCUT2D eigenvalue weighted by Gasteiger charge is -2.26.